The molecule has 4 rings (SSSR count). The van der Waals surface area contributed by atoms with E-state index in [1.54, 1.807) is 11.3 Å². The minimum absolute atomic E-state index is 0.258. The predicted molar refractivity (Wildman–Crippen MR) is 104 cm³/mol. The fraction of sp³-hybridized carbons (Fsp3) is 0.412. The minimum atomic E-state index is -0.258. The van der Waals surface area contributed by atoms with E-state index < -0.39 is 0 Å². The molecule has 1 amide bonds. The smallest absolute Gasteiger partial charge is 0.279 e. The summed E-state index contributed by atoms with van der Waals surface area (Å²) in [7, 11) is 0. The largest absolute Gasteiger partial charge is 0.317 e. The SMILES string of the molecule is Cc1ccc(-c2csc(NC(=O)c3nnn(C4CCNCC4)c3C)n2)s1. The van der Waals surface area contributed by atoms with Crippen molar-refractivity contribution in [3.8, 4) is 10.6 Å². The van der Waals surface area contributed by atoms with Gasteiger partial charge in [0.2, 0.25) is 0 Å². The van der Waals surface area contributed by atoms with Crippen LogP contribution in [-0.4, -0.2) is 39.0 Å². The fourth-order valence-corrected chi connectivity index (χ4v) is 4.73. The molecule has 9 heteroatoms. The molecular formula is C17H20N6OS2. The van der Waals surface area contributed by atoms with Crippen LogP contribution in [0, 0.1) is 13.8 Å². The number of carbonyl (C=O) groups excluding carboxylic acids is 1. The quantitative estimate of drug-likeness (QED) is 0.717. The lowest BCUT2D eigenvalue weighted by atomic mass is 10.1. The topological polar surface area (TPSA) is 84.7 Å². The maximum absolute atomic E-state index is 12.6. The fourth-order valence-electron chi connectivity index (χ4n) is 3.12. The van der Waals surface area contributed by atoms with E-state index in [4.69, 9.17) is 0 Å². The molecule has 0 aromatic carbocycles. The van der Waals surface area contributed by atoms with Gasteiger partial charge in [0.15, 0.2) is 10.8 Å². The number of nitrogens with one attached hydrogen (secondary N) is 2. The summed E-state index contributed by atoms with van der Waals surface area (Å²) in [5.41, 5.74) is 2.06. The van der Waals surface area contributed by atoms with E-state index in [0.29, 0.717) is 16.9 Å². The van der Waals surface area contributed by atoms with E-state index in [1.165, 1.54) is 16.2 Å². The summed E-state index contributed by atoms with van der Waals surface area (Å²) < 4.78 is 1.89. The van der Waals surface area contributed by atoms with Crippen LogP contribution in [0.2, 0.25) is 0 Å². The third kappa shape index (κ3) is 3.42. The molecule has 2 N–H and O–H groups in total. The maximum atomic E-state index is 12.6. The number of thiazole rings is 1. The number of anilines is 1. The lowest BCUT2D eigenvalue weighted by Crippen LogP contribution is -2.30. The highest BCUT2D eigenvalue weighted by Crippen LogP contribution is 2.30. The molecule has 0 saturated carbocycles. The van der Waals surface area contributed by atoms with Crippen molar-refractivity contribution in [2.24, 2.45) is 0 Å². The van der Waals surface area contributed by atoms with Crippen LogP contribution in [-0.2, 0) is 0 Å². The Morgan fingerprint density at radius 1 is 1.31 bits per heavy atom. The predicted octanol–water partition coefficient (Wildman–Crippen LogP) is 3.26. The van der Waals surface area contributed by atoms with Crippen LogP contribution in [0.15, 0.2) is 17.5 Å². The van der Waals surface area contributed by atoms with Crippen LogP contribution >= 0.6 is 22.7 Å². The van der Waals surface area contributed by atoms with Crippen molar-refractivity contribution < 1.29 is 4.79 Å². The van der Waals surface area contributed by atoms with Gasteiger partial charge in [0.25, 0.3) is 5.91 Å². The van der Waals surface area contributed by atoms with Gasteiger partial charge in [-0.25, -0.2) is 9.67 Å². The first kappa shape index (κ1) is 17.3. The zero-order valence-corrected chi connectivity index (χ0v) is 16.3. The lowest BCUT2D eigenvalue weighted by molar-refractivity contribution is 0.102. The third-order valence-corrected chi connectivity index (χ3v) is 6.30. The molecule has 1 saturated heterocycles. The second-order valence-electron chi connectivity index (χ2n) is 6.35. The number of hydrogen-bond donors (Lipinski definition) is 2. The molecule has 7 nitrogen and oxygen atoms in total. The maximum Gasteiger partial charge on any atom is 0.279 e. The summed E-state index contributed by atoms with van der Waals surface area (Å²) in [4.78, 5) is 19.5. The Balaban J connectivity index is 1.48. The van der Waals surface area contributed by atoms with E-state index in [0.717, 1.165) is 42.2 Å². The second-order valence-corrected chi connectivity index (χ2v) is 8.50. The Morgan fingerprint density at radius 2 is 2.12 bits per heavy atom. The normalized spacial score (nSPS) is 15.3. The van der Waals surface area contributed by atoms with Gasteiger partial charge in [-0.05, 0) is 51.9 Å². The van der Waals surface area contributed by atoms with Crippen molar-refractivity contribution in [3.05, 3.63) is 33.8 Å². The molecule has 0 bridgehead atoms. The van der Waals surface area contributed by atoms with Gasteiger partial charge < -0.3 is 5.32 Å². The van der Waals surface area contributed by atoms with Crippen molar-refractivity contribution >= 4 is 33.7 Å². The monoisotopic (exact) mass is 388 g/mol. The average molecular weight is 389 g/mol. The summed E-state index contributed by atoms with van der Waals surface area (Å²) in [5.74, 6) is -0.258. The Hall–Kier alpha value is -2.10. The number of thiophene rings is 1. The van der Waals surface area contributed by atoms with Crippen molar-refractivity contribution in [1.29, 1.82) is 0 Å². The summed E-state index contributed by atoms with van der Waals surface area (Å²) in [6, 6.07) is 4.42. The van der Waals surface area contributed by atoms with Crippen LogP contribution in [0.25, 0.3) is 10.6 Å². The lowest BCUT2D eigenvalue weighted by Gasteiger charge is -2.23. The van der Waals surface area contributed by atoms with Gasteiger partial charge in [0.05, 0.1) is 22.3 Å². The van der Waals surface area contributed by atoms with Crippen molar-refractivity contribution in [2.45, 2.75) is 32.7 Å². The van der Waals surface area contributed by atoms with E-state index in [9.17, 15) is 4.79 Å². The summed E-state index contributed by atoms with van der Waals surface area (Å²) in [6.45, 7) is 5.90. The number of amides is 1. The van der Waals surface area contributed by atoms with E-state index in [1.807, 2.05) is 17.0 Å². The molecule has 3 aromatic rings. The van der Waals surface area contributed by atoms with Crippen LogP contribution < -0.4 is 10.6 Å². The number of hydrogen-bond acceptors (Lipinski definition) is 7. The van der Waals surface area contributed by atoms with Crippen LogP contribution in [0.4, 0.5) is 5.13 Å². The van der Waals surface area contributed by atoms with Gasteiger partial charge >= 0.3 is 0 Å². The number of aryl methyl sites for hydroxylation is 1. The van der Waals surface area contributed by atoms with Gasteiger partial charge in [-0.15, -0.1) is 27.8 Å². The van der Waals surface area contributed by atoms with Crippen molar-refractivity contribution in [1.82, 2.24) is 25.3 Å². The summed E-state index contributed by atoms with van der Waals surface area (Å²) >= 11 is 3.11. The zero-order chi connectivity index (χ0) is 18.1. The average Bonchev–Trinajstić information content (AvgIpc) is 3.36. The first-order valence-corrected chi connectivity index (χ1v) is 10.3. The van der Waals surface area contributed by atoms with Gasteiger partial charge in [0, 0.05) is 10.3 Å². The minimum Gasteiger partial charge on any atom is -0.317 e. The molecule has 3 aromatic heterocycles. The van der Waals surface area contributed by atoms with Crippen molar-refractivity contribution in [2.75, 3.05) is 18.4 Å². The van der Waals surface area contributed by atoms with Crippen LogP contribution in [0.5, 0.6) is 0 Å². The molecule has 0 spiro atoms. The molecule has 1 fully saturated rings. The highest BCUT2D eigenvalue weighted by Gasteiger charge is 2.23. The molecule has 26 heavy (non-hydrogen) atoms. The zero-order valence-electron chi connectivity index (χ0n) is 14.7. The highest BCUT2D eigenvalue weighted by atomic mass is 32.1. The Kier molecular flexibility index (Phi) is 4.84. The molecular weight excluding hydrogens is 368 g/mol. The number of nitrogens with zero attached hydrogens (tertiary/aromatic N) is 4. The number of piperidine rings is 1. The van der Waals surface area contributed by atoms with Crippen LogP contribution in [0.3, 0.4) is 0 Å². The third-order valence-electron chi connectivity index (χ3n) is 4.51. The number of aromatic nitrogens is 4. The molecule has 0 unspecified atom stereocenters. The standard InChI is InChI=1S/C17H20N6OS2/c1-10-3-4-14(26-10)13-9-25-17(19-13)20-16(24)15-11(2)23(22-21-15)12-5-7-18-8-6-12/h3-4,9,12,18H,5-8H2,1-2H3,(H,19,20,24). The Labute approximate surface area is 159 Å². The molecule has 0 radical (unpaired) electrons. The van der Waals surface area contributed by atoms with Gasteiger partial charge in [-0.3, -0.25) is 10.1 Å². The van der Waals surface area contributed by atoms with Crippen molar-refractivity contribution in [3.63, 3.8) is 0 Å². The molecule has 0 aliphatic carbocycles. The van der Waals surface area contributed by atoms with E-state index in [-0.39, 0.29) is 5.91 Å². The van der Waals surface area contributed by atoms with Crippen LogP contribution in [0.1, 0.15) is 39.9 Å². The Morgan fingerprint density at radius 3 is 2.85 bits per heavy atom. The molecule has 1 aliphatic rings. The first-order chi connectivity index (χ1) is 12.6. The first-order valence-electron chi connectivity index (χ1n) is 8.58. The molecule has 4 heterocycles. The van der Waals surface area contributed by atoms with Gasteiger partial charge in [-0.1, -0.05) is 5.21 Å². The summed E-state index contributed by atoms with van der Waals surface area (Å²) in [6.07, 6.45) is 2.00. The molecule has 1 aliphatic heterocycles. The molecule has 0 atom stereocenters. The number of carbonyl (C=O) groups is 1. The van der Waals surface area contributed by atoms with Gasteiger partial charge in [0.1, 0.15) is 0 Å². The number of rotatable bonds is 4. The molecule has 136 valence electrons. The van der Waals surface area contributed by atoms with E-state index >= 15 is 0 Å². The second kappa shape index (κ2) is 7.26. The van der Waals surface area contributed by atoms with Gasteiger partial charge in [-0.2, -0.15) is 0 Å². The summed E-state index contributed by atoms with van der Waals surface area (Å²) in [5, 5.41) is 17.1. The highest BCUT2D eigenvalue weighted by molar-refractivity contribution is 7.17. The van der Waals surface area contributed by atoms with E-state index in [2.05, 4.69) is 45.0 Å². The Bertz CT molecular complexity index is 921.